The SMILES string of the molecule is CCCCCCNC(=NC)NCC(C)C(=O)OC.I. The number of hydrogen-bond acceptors (Lipinski definition) is 3. The summed E-state index contributed by atoms with van der Waals surface area (Å²) in [6, 6.07) is 0. The van der Waals surface area contributed by atoms with Crippen LogP contribution < -0.4 is 10.6 Å². The predicted molar refractivity (Wildman–Crippen MR) is 90.1 cm³/mol. The van der Waals surface area contributed by atoms with E-state index in [2.05, 4.69) is 27.3 Å². The number of methoxy groups -OCH3 is 1. The molecule has 0 saturated heterocycles. The van der Waals surface area contributed by atoms with Gasteiger partial charge in [-0.2, -0.15) is 0 Å². The monoisotopic (exact) mass is 385 g/mol. The number of esters is 1. The van der Waals surface area contributed by atoms with Gasteiger partial charge in [0.05, 0.1) is 13.0 Å². The van der Waals surface area contributed by atoms with Crippen molar-refractivity contribution in [1.82, 2.24) is 10.6 Å². The van der Waals surface area contributed by atoms with Crippen molar-refractivity contribution in [2.24, 2.45) is 10.9 Å². The fourth-order valence-electron chi connectivity index (χ4n) is 1.51. The van der Waals surface area contributed by atoms with Gasteiger partial charge < -0.3 is 15.4 Å². The van der Waals surface area contributed by atoms with Crippen molar-refractivity contribution in [2.45, 2.75) is 39.5 Å². The maximum Gasteiger partial charge on any atom is 0.310 e. The summed E-state index contributed by atoms with van der Waals surface area (Å²) in [7, 11) is 3.13. The van der Waals surface area contributed by atoms with E-state index in [-0.39, 0.29) is 35.9 Å². The number of nitrogens with zero attached hydrogens (tertiary/aromatic N) is 1. The molecule has 0 aromatic rings. The molecular formula is C13H28IN3O2. The highest BCUT2D eigenvalue weighted by molar-refractivity contribution is 14.0. The maximum absolute atomic E-state index is 11.2. The van der Waals surface area contributed by atoms with E-state index in [9.17, 15) is 4.79 Å². The number of carbonyl (C=O) groups is 1. The highest BCUT2D eigenvalue weighted by Gasteiger charge is 2.12. The zero-order chi connectivity index (χ0) is 13.8. The maximum atomic E-state index is 11.2. The number of aliphatic imine (C=N–C) groups is 1. The van der Waals surface area contributed by atoms with E-state index >= 15 is 0 Å². The van der Waals surface area contributed by atoms with Crippen molar-refractivity contribution in [1.29, 1.82) is 0 Å². The summed E-state index contributed by atoms with van der Waals surface area (Å²) in [5.74, 6) is 0.358. The third-order valence-corrected chi connectivity index (χ3v) is 2.73. The van der Waals surface area contributed by atoms with Gasteiger partial charge in [-0.15, -0.1) is 24.0 Å². The average Bonchev–Trinajstić information content (AvgIpc) is 2.40. The van der Waals surface area contributed by atoms with E-state index in [1.807, 2.05) is 6.92 Å². The molecule has 1 unspecified atom stereocenters. The highest BCUT2D eigenvalue weighted by Crippen LogP contribution is 1.97. The third-order valence-electron chi connectivity index (χ3n) is 2.73. The first-order valence-electron chi connectivity index (χ1n) is 6.68. The molecular weight excluding hydrogens is 357 g/mol. The minimum absolute atomic E-state index is 0. The van der Waals surface area contributed by atoms with Crippen molar-refractivity contribution in [2.75, 3.05) is 27.2 Å². The van der Waals surface area contributed by atoms with E-state index < -0.39 is 0 Å². The Bertz CT molecular complexity index is 260. The molecule has 19 heavy (non-hydrogen) atoms. The summed E-state index contributed by atoms with van der Waals surface area (Å²) in [5, 5.41) is 6.34. The zero-order valence-corrected chi connectivity index (χ0v) is 14.8. The molecule has 0 aromatic carbocycles. The van der Waals surface area contributed by atoms with Gasteiger partial charge >= 0.3 is 5.97 Å². The lowest BCUT2D eigenvalue weighted by atomic mass is 10.2. The lowest BCUT2D eigenvalue weighted by Gasteiger charge is -2.14. The summed E-state index contributed by atoms with van der Waals surface area (Å²) in [6.45, 7) is 5.46. The minimum Gasteiger partial charge on any atom is -0.469 e. The van der Waals surface area contributed by atoms with Crippen LogP contribution >= 0.6 is 24.0 Å². The third kappa shape index (κ3) is 11.0. The number of unbranched alkanes of at least 4 members (excludes halogenated alkanes) is 3. The van der Waals surface area contributed by atoms with Crippen molar-refractivity contribution in [3.05, 3.63) is 0 Å². The number of hydrogen-bond donors (Lipinski definition) is 2. The van der Waals surface area contributed by atoms with Crippen LogP contribution in [0.15, 0.2) is 4.99 Å². The van der Waals surface area contributed by atoms with Crippen LogP contribution in [0, 0.1) is 5.92 Å². The van der Waals surface area contributed by atoms with E-state index in [1.54, 1.807) is 7.05 Å². The van der Waals surface area contributed by atoms with Crippen LogP contribution in [0.5, 0.6) is 0 Å². The van der Waals surface area contributed by atoms with Crippen LogP contribution in [-0.4, -0.2) is 39.2 Å². The zero-order valence-electron chi connectivity index (χ0n) is 12.5. The Kier molecular flexibility index (Phi) is 15.2. The predicted octanol–water partition coefficient (Wildman–Crippen LogP) is 2.16. The normalized spacial score (nSPS) is 12.3. The van der Waals surface area contributed by atoms with E-state index in [1.165, 1.54) is 26.4 Å². The molecule has 6 heteroatoms. The number of rotatable bonds is 8. The van der Waals surface area contributed by atoms with Crippen molar-refractivity contribution in [3.63, 3.8) is 0 Å². The van der Waals surface area contributed by atoms with E-state index in [0.717, 1.165) is 18.9 Å². The summed E-state index contributed by atoms with van der Waals surface area (Å²) in [6.07, 6.45) is 4.89. The molecule has 114 valence electrons. The molecule has 0 aliphatic carbocycles. The van der Waals surface area contributed by atoms with Gasteiger partial charge in [0.2, 0.25) is 0 Å². The second-order valence-electron chi connectivity index (χ2n) is 4.36. The number of ether oxygens (including phenoxy) is 1. The number of carbonyl (C=O) groups excluding carboxylic acids is 1. The van der Waals surface area contributed by atoms with Crippen LogP contribution in [0.3, 0.4) is 0 Å². The minimum atomic E-state index is -0.208. The average molecular weight is 385 g/mol. The highest BCUT2D eigenvalue weighted by atomic mass is 127. The Balaban J connectivity index is 0. The topological polar surface area (TPSA) is 62.7 Å². The van der Waals surface area contributed by atoms with Gasteiger partial charge in [0.25, 0.3) is 0 Å². The van der Waals surface area contributed by atoms with Gasteiger partial charge in [-0.1, -0.05) is 33.1 Å². The number of halogens is 1. The second kappa shape index (κ2) is 13.9. The van der Waals surface area contributed by atoms with Crippen LogP contribution in [0.1, 0.15) is 39.5 Å². The van der Waals surface area contributed by atoms with Gasteiger partial charge in [0.1, 0.15) is 0 Å². The number of nitrogens with one attached hydrogen (secondary N) is 2. The molecule has 0 heterocycles. The summed E-state index contributed by atoms with van der Waals surface area (Å²) in [5.41, 5.74) is 0. The molecule has 0 aliphatic heterocycles. The Morgan fingerprint density at radius 3 is 2.47 bits per heavy atom. The smallest absolute Gasteiger partial charge is 0.310 e. The Morgan fingerprint density at radius 2 is 1.95 bits per heavy atom. The van der Waals surface area contributed by atoms with Gasteiger partial charge in [-0.3, -0.25) is 9.79 Å². The summed E-state index contributed by atoms with van der Waals surface area (Å²) in [4.78, 5) is 15.3. The van der Waals surface area contributed by atoms with E-state index in [4.69, 9.17) is 0 Å². The Morgan fingerprint density at radius 1 is 1.26 bits per heavy atom. The fourth-order valence-corrected chi connectivity index (χ4v) is 1.51. The largest absolute Gasteiger partial charge is 0.469 e. The Labute approximate surface area is 134 Å². The standard InChI is InChI=1S/C13H27N3O2.HI/c1-5-6-7-8-9-15-13(14-3)16-10-11(2)12(17)18-4;/h11H,5-10H2,1-4H3,(H2,14,15,16);1H. The molecule has 0 bridgehead atoms. The first kappa shape index (κ1) is 20.8. The molecule has 2 N–H and O–H groups in total. The van der Waals surface area contributed by atoms with Gasteiger partial charge in [0, 0.05) is 20.1 Å². The molecule has 0 radical (unpaired) electrons. The van der Waals surface area contributed by atoms with Crippen molar-refractivity contribution >= 4 is 35.9 Å². The van der Waals surface area contributed by atoms with Crippen molar-refractivity contribution in [3.8, 4) is 0 Å². The Hall–Kier alpha value is -0.530. The fraction of sp³-hybridized carbons (Fsp3) is 0.846. The lowest BCUT2D eigenvalue weighted by molar-refractivity contribution is -0.144. The molecule has 0 rings (SSSR count). The second-order valence-corrected chi connectivity index (χ2v) is 4.36. The van der Waals surface area contributed by atoms with Gasteiger partial charge in [0.15, 0.2) is 5.96 Å². The molecule has 0 saturated carbocycles. The van der Waals surface area contributed by atoms with Crippen molar-refractivity contribution < 1.29 is 9.53 Å². The molecule has 0 spiro atoms. The molecule has 0 fully saturated rings. The van der Waals surface area contributed by atoms with Gasteiger partial charge in [-0.25, -0.2) is 0 Å². The summed E-state index contributed by atoms with van der Waals surface area (Å²) < 4.78 is 4.66. The first-order chi connectivity index (χ1) is 8.65. The summed E-state index contributed by atoms with van der Waals surface area (Å²) >= 11 is 0. The molecule has 1 atom stereocenters. The van der Waals surface area contributed by atoms with Crippen LogP contribution in [-0.2, 0) is 9.53 Å². The molecule has 5 nitrogen and oxygen atoms in total. The first-order valence-corrected chi connectivity index (χ1v) is 6.68. The molecule has 0 aromatic heterocycles. The van der Waals surface area contributed by atoms with Gasteiger partial charge in [-0.05, 0) is 6.42 Å². The number of guanidine groups is 1. The van der Waals surface area contributed by atoms with Crippen LogP contribution in [0.25, 0.3) is 0 Å². The van der Waals surface area contributed by atoms with Crippen LogP contribution in [0.2, 0.25) is 0 Å². The lowest BCUT2D eigenvalue weighted by Crippen LogP contribution is -2.41. The van der Waals surface area contributed by atoms with E-state index in [0.29, 0.717) is 6.54 Å². The molecule has 0 aliphatic rings. The quantitative estimate of drug-likeness (QED) is 0.221. The van der Waals surface area contributed by atoms with Crippen LogP contribution in [0.4, 0.5) is 0 Å². The molecule has 0 amide bonds.